The number of aliphatic hydroxyl groups excluding tert-OH is 2. The molecule has 0 spiro atoms. The average molecular weight is 398 g/mol. The van der Waals surface area contributed by atoms with Crippen LogP contribution >= 0.6 is 0 Å². The van der Waals surface area contributed by atoms with Gasteiger partial charge in [0.2, 0.25) is 0 Å². The second-order valence-corrected chi connectivity index (χ2v) is 4.66. The maximum Gasteiger partial charge on any atom is 0.327 e. The molecule has 0 aromatic carbocycles. The Hall–Kier alpha value is -1.11. The van der Waals surface area contributed by atoms with E-state index >= 15 is 0 Å². The van der Waals surface area contributed by atoms with E-state index in [1.807, 2.05) is 0 Å². The van der Waals surface area contributed by atoms with Crippen molar-refractivity contribution in [2.45, 2.75) is 0 Å². The Morgan fingerprint density at radius 1 is 0.593 bits per heavy atom. The summed E-state index contributed by atoms with van der Waals surface area (Å²) in [6.07, 6.45) is 0.833. The van der Waals surface area contributed by atoms with Gasteiger partial charge in [0.05, 0.1) is 92.5 Å². The maximum absolute atomic E-state index is 9.25. The first-order valence-electron chi connectivity index (χ1n) is 8.72. The summed E-state index contributed by atoms with van der Waals surface area (Å²) in [4.78, 5) is 9.25. The number of ether oxygens (including phenoxy) is 6. The number of rotatable bonds is 20. The molecule has 0 aromatic heterocycles. The molecule has 162 valence electrons. The molecule has 0 saturated carbocycles. The lowest BCUT2D eigenvalue weighted by molar-refractivity contribution is -0.131. The lowest BCUT2D eigenvalue weighted by atomic mass is 10.7. The summed E-state index contributed by atoms with van der Waals surface area (Å²) in [5.41, 5.74) is 0. The van der Waals surface area contributed by atoms with Crippen molar-refractivity contribution >= 4 is 5.97 Å². The van der Waals surface area contributed by atoms with Crippen LogP contribution in [0.15, 0.2) is 12.7 Å². The Bertz CT molecular complexity index is 281. The van der Waals surface area contributed by atoms with Crippen molar-refractivity contribution in [3.8, 4) is 0 Å². The van der Waals surface area contributed by atoms with Crippen molar-refractivity contribution in [2.24, 2.45) is 0 Å². The van der Waals surface area contributed by atoms with Crippen LogP contribution in [0.25, 0.3) is 0 Å². The van der Waals surface area contributed by atoms with E-state index in [1.54, 1.807) is 0 Å². The number of aliphatic carboxylic acids is 1. The van der Waals surface area contributed by atoms with Gasteiger partial charge in [-0.25, -0.2) is 4.79 Å². The topological polar surface area (TPSA) is 133 Å². The Kier molecular flexibility index (Phi) is 28.2. The summed E-state index contributed by atoms with van der Waals surface area (Å²) < 4.78 is 31.2. The van der Waals surface area contributed by atoms with Gasteiger partial charge in [0.25, 0.3) is 0 Å². The lowest BCUT2D eigenvalue weighted by Gasteiger charge is -2.07. The van der Waals surface area contributed by atoms with Crippen LogP contribution in [0.3, 0.4) is 0 Å². The first-order chi connectivity index (χ1) is 13.2. The van der Waals surface area contributed by atoms with Gasteiger partial charge in [0.1, 0.15) is 0 Å². The minimum Gasteiger partial charge on any atom is -0.478 e. The molecule has 10 heteroatoms. The van der Waals surface area contributed by atoms with Crippen molar-refractivity contribution in [2.75, 3.05) is 92.5 Å². The first kappa shape index (κ1) is 28.1. The molecular weight excluding hydrogens is 364 g/mol. The van der Waals surface area contributed by atoms with Crippen molar-refractivity contribution in [1.29, 1.82) is 0 Å². The molecule has 0 bridgehead atoms. The fourth-order valence-corrected chi connectivity index (χ4v) is 1.33. The molecule has 0 radical (unpaired) electrons. The minimum atomic E-state index is -0.981. The van der Waals surface area contributed by atoms with Crippen LogP contribution in [0, 0.1) is 0 Å². The molecule has 0 saturated heterocycles. The molecule has 10 nitrogen and oxygen atoms in total. The van der Waals surface area contributed by atoms with Gasteiger partial charge in [0, 0.05) is 6.08 Å². The average Bonchev–Trinajstić information content (AvgIpc) is 2.67. The summed E-state index contributed by atoms with van der Waals surface area (Å²) in [7, 11) is 0. The molecule has 0 amide bonds. The van der Waals surface area contributed by atoms with Gasteiger partial charge in [-0.3, -0.25) is 0 Å². The molecule has 0 rings (SSSR count). The van der Waals surface area contributed by atoms with Crippen LogP contribution in [0.1, 0.15) is 0 Å². The molecule has 27 heavy (non-hydrogen) atoms. The summed E-state index contributed by atoms with van der Waals surface area (Å²) in [5.74, 6) is -0.981. The summed E-state index contributed by atoms with van der Waals surface area (Å²) in [5, 5.41) is 24.6. The van der Waals surface area contributed by atoms with E-state index in [0.717, 1.165) is 6.08 Å². The lowest BCUT2D eigenvalue weighted by Crippen LogP contribution is -2.14. The predicted molar refractivity (Wildman–Crippen MR) is 96.9 cm³/mol. The maximum atomic E-state index is 9.25. The van der Waals surface area contributed by atoms with Crippen LogP contribution in [-0.2, 0) is 33.2 Å². The highest BCUT2D eigenvalue weighted by molar-refractivity contribution is 5.78. The van der Waals surface area contributed by atoms with Crippen LogP contribution in [-0.4, -0.2) is 114 Å². The van der Waals surface area contributed by atoms with Crippen LogP contribution < -0.4 is 0 Å². The molecule has 0 aliphatic rings. The summed E-state index contributed by atoms with van der Waals surface area (Å²) in [6, 6.07) is 0. The van der Waals surface area contributed by atoms with Gasteiger partial charge in [-0.15, -0.1) is 0 Å². The van der Waals surface area contributed by atoms with Gasteiger partial charge < -0.3 is 43.7 Å². The number of aliphatic hydroxyl groups is 2. The molecule has 0 aromatic rings. The predicted octanol–water partition coefficient (Wildman–Crippen LogP) is -0.672. The minimum absolute atomic E-state index is 0.0334. The molecule has 3 N–H and O–H groups in total. The number of carboxylic acids is 1. The van der Waals surface area contributed by atoms with Gasteiger partial charge in [-0.05, 0) is 0 Å². The monoisotopic (exact) mass is 398 g/mol. The second-order valence-electron chi connectivity index (χ2n) is 4.66. The largest absolute Gasteiger partial charge is 0.478 e. The Morgan fingerprint density at radius 2 is 0.778 bits per heavy atom. The number of hydrogen-bond acceptors (Lipinski definition) is 9. The molecule has 0 fully saturated rings. The van der Waals surface area contributed by atoms with Crippen molar-refractivity contribution in [1.82, 2.24) is 0 Å². The van der Waals surface area contributed by atoms with Gasteiger partial charge in [-0.1, -0.05) is 6.58 Å². The molecule has 0 atom stereocenters. The number of hydrogen-bond donors (Lipinski definition) is 3. The molecule has 0 aliphatic carbocycles. The normalized spacial score (nSPS) is 10.3. The Morgan fingerprint density at radius 3 is 0.926 bits per heavy atom. The second kappa shape index (κ2) is 27.1. The van der Waals surface area contributed by atoms with Crippen LogP contribution in [0.2, 0.25) is 0 Å². The van der Waals surface area contributed by atoms with E-state index < -0.39 is 5.97 Å². The van der Waals surface area contributed by atoms with E-state index in [-0.39, 0.29) is 13.2 Å². The van der Waals surface area contributed by atoms with Gasteiger partial charge in [0.15, 0.2) is 0 Å². The third-order valence-electron chi connectivity index (χ3n) is 2.51. The zero-order valence-electron chi connectivity index (χ0n) is 15.9. The van der Waals surface area contributed by atoms with Crippen molar-refractivity contribution in [3.05, 3.63) is 12.7 Å². The van der Waals surface area contributed by atoms with Gasteiger partial charge >= 0.3 is 5.97 Å². The Balaban J connectivity index is 0. The molecular formula is C17H34O10. The summed E-state index contributed by atoms with van der Waals surface area (Å²) >= 11 is 0. The van der Waals surface area contributed by atoms with E-state index in [9.17, 15) is 4.79 Å². The fraction of sp³-hybridized carbons (Fsp3) is 0.824. The van der Waals surface area contributed by atoms with Crippen molar-refractivity contribution in [3.63, 3.8) is 0 Å². The highest BCUT2D eigenvalue weighted by atomic mass is 16.6. The third-order valence-corrected chi connectivity index (χ3v) is 2.51. The first-order valence-corrected chi connectivity index (χ1v) is 8.72. The van der Waals surface area contributed by atoms with Crippen molar-refractivity contribution < 1.29 is 48.5 Å². The highest BCUT2D eigenvalue weighted by Gasteiger charge is 1.93. The van der Waals surface area contributed by atoms with Crippen LogP contribution in [0.4, 0.5) is 0 Å². The third kappa shape index (κ3) is 33.0. The Labute approximate surface area is 160 Å². The quantitative estimate of drug-likeness (QED) is 0.179. The van der Waals surface area contributed by atoms with Crippen LogP contribution in [0.5, 0.6) is 0 Å². The number of carboxylic acid groups (broad SMARTS) is 1. The van der Waals surface area contributed by atoms with E-state index in [1.165, 1.54) is 0 Å². The summed E-state index contributed by atoms with van der Waals surface area (Å²) in [6.45, 7) is 8.77. The highest BCUT2D eigenvalue weighted by Crippen LogP contribution is 1.84. The molecule has 0 unspecified atom stereocenters. The SMILES string of the molecule is C=CC(=O)O.OCCOCCOCCOCCOCCOCCOCCO. The molecule has 0 heterocycles. The number of carbonyl (C=O) groups is 1. The van der Waals surface area contributed by atoms with E-state index in [2.05, 4.69) is 6.58 Å². The van der Waals surface area contributed by atoms with E-state index in [4.69, 9.17) is 43.7 Å². The smallest absolute Gasteiger partial charge is 0.327 e. The zero-order chi connectivity index (χ0) is 20.4. The fourth-order valence-electron chi connectivity index (χ4n) is 1.33. The molecule has 0 aliphatic heterocycles. The van der Waals surface area contributed by atoms with E-state index in [0.29, 0.717) is 79.3 Å². The van der Waals surface area contributed by atoms with Gasteiger partial charge in [-0.2, -0.15) is 0 Å². The standard InChI is InChI=1S/C14H30O8.C3H4O2/c15-1-3-17-5-7-19-9-11-21-13-14-22-12-10-20-8-6-18-4-2-16;1-2-3(4)5/h15-16H,1-14H2;2H,1H2,(H,4,5). The zero-order valence-corrected chi connectivity index (χ0v) is 15.9.